The number of nitrogens with one attached hydrogen (secondary N) is 1. The van der Waals surface area contributed by atoms with Gasteiger partial charge in [0.1, 0.15) is 5.75 Å². The van der Waals surface area contributed by atoms with Gasteiger partial charge in [0.2, 0.25) is 10.0 Å². The van der Waals surface area contributed by atoms with Gasteiger partial charge in [0, 0.05) is 19.6 Å². The molecule has 0 aliphatic carbocycles. The molecular weight excluding hydrogens is 433 g/mol. The number of sulfonamides is 1. The summed E-state index contributed by atoms with van der Waals surface area (Å²) in [4.78, 5) is 12.2. The maximum Gasteiger partial charge on any atom is 0.416 e. The Morgan fingerprint density at radius 3 is 2.39 bits per heavy atom. The maximum absolute atomic E-state index is 12.7. The van der Waals surface area contributed by atoms with Crippen LogP contribution in [0.25, 0.3) is 0 Å². The molecule has 1 heterocycles. The number of amides is 1. The Hall–Kier alpha value is -2.59. The molecule has 6 nitrogen and oxygen atoms in total. The minimum absolute atomic E-state index is 0.0376. The number of hydrogen-bond acceptors (Lipinski definition) is 4. The highest BCUT2D eigenvalue weighted by Crippen LogP contribution is 2.31. The van der Waals surface area contributed by atoms with Crippen LogP contribution in [0.3, 0.4) is 0 Å². The smallest absolute Gasteiger partial charge is 0.416 e. The zero-order valence-electron chi connectivity index (χ0n) is 16.6. The SMILES string of the molecule is O=C(COc1cccc(C(F)(F)F)c1)NCC1CCN(S(=O)(=O)c2ccccc2)CC1. The van der Waals surface area contributed by atoms with Crippen molar-refractivity contribution in [2.24, 2.45) is 5.92 Å². The second kappa shape index (κ2) is 9.69. The average molecular weight is 456 g/mol. The molecular formula is C21H23F3N2O4S. The van der Waals surface area contributed by atoms with E-state index in [1.165, 1.54) is 16.4 Å². The van der Waals surface area contributed by atoms with E-state index in [0.717, 1.165) is 12.1 Å². The Bertz CT molecular complexity index is 989. The van der Waals surface area contributed by atoms with Crippen LogP contribution in [-0.2, 0) is 21.0 Å². The molecule has 0 radical (unpaired) electrons. The van der Waals surface area contributed by atoms with E-state index in [-0.39, 0.29) is 16.6 Å². The minimum Gasteiger partial charge on any atom is -0.484 e. The lowest BCUT2D eigenvalue weighted by atomic mass is 9.98. The lowest BCUT2D eigenvalue weighted by molar-refractivity contribution is -0.137. The first-order valence-corrected chi connectivity index (χ1v) is 11.2. The molecule has 1 N–H and O–H groups in total. The van der Waals surface area contributed by atoms with Crippen LogP contribution in [0.5, 0.6) is 5.75 Å². The number of halogens is 3. The number of alkyl halides is 3. The van der Waals surface area contributed by atoms with Crippen LogP contribution in [0.1, 0.15) is 18.4 Å². The van der Waals surface area contributed by atoms with Crippen molar-refractivity contribution in [3.8, 4) is 5.75 Å². The molecule has 3 rings (SSSR count). The minimum atomic E-state index is -4.48. The summed E-state index contributed by atoms with van der Waals surface area (Å²) in [6.45, 7) is 0.670. The Kier molecular flexibility index (Phi) is 7.22. The molecule has 0 aromatic heterocycles. The van der Waals surface area contributed by atoms with Gasteiger partial charge in [-0.1, -0.05) is 24.3 Å². The molecule has 0 spiro atoms. The van der Waals surface area contributed by atoms with Gasteiger partial charge in [-0.05, 0) is 49.1 Å². The first-order chi connectivity index (χ1) is 14.7. The molecule has 0 unspecified atom stereocenters. The van der Waals surface area contributed by atoms with Gasteiger partial charge in [0.15, 0.2) is 6.61 Å². The van der Waals surface area contributed by atoms with Crippen molar-refractivity contribution >= 4 is 15.9 Å². The van der Waals surface area contributed by atoms with Crippen LogP contribution in [-0.4, -0.2) is 44.9 Å². The second-order valence-corrected chi connectivity index (χ2v) is 9.22. The van der Waals surface area contributed by atoms with E-state index in [1.807, 2.05) is 0 Å². The fourth-order valence-electron chi connectivity index (χ4n) is 3.32. The van der Waals surface area contributed by atoms with Crippen LogP contribution in [0.15, 0.2) is 59.5 Å². The monoisotopic (exact) mass is 456 g/mol. The topological polar surface area (TPSA) is 75.7 Å². The lowest BCUT2D eigenvalue weighted by Crippen LogP contribution is -2.42. The number of carbonyl (C=O) groups excluding carboxylic acids is 1. The van der Waals surface area contributed by atoms with Crippen LogP contribution >= 0.6 is 0 Å². The maximum atomic E-state index is 12.7. The van der Waals surface area contributed by atoms with Gasteiger partial charge in [-0.2, -0.15) is 17.5 Å². The van der Waals surface area contributed by atoms with E-state index >= 15 is 0 Å². The summed E-state index contributed by atoms with van der Waals surface area (Å²) in [5, 5.41) is 2.70. The second-order valence-electron chi connectivity index (χ2n) is 7.28. The highest BCUT2D eigenvalue weighted by molar-refractivity contribution is 7.89. The molecule has 2 aromatic rings. The number of rotatable bonds is 7. The van der Waals surface area contributed by atoms with Gasteiger partial charge < -0.3 is 10.1 Å². The standard InChI is InChI=1S/C21H23F3N2O4S/c22-21(23,24)17-5-4-6-18(13-17)30-15-20(27)25-14-16-9-11-26(12-10-16)31(28,29)19-7-2-1-3-8-19/h1-8,13,16H,9-12,14-15H2,(H,25,27). The van der Waals surface area contributed by atoms with Gasteiger partial charge in [0.25, 0.3) is 5.91 Å². The quantitative estimate of drug-likeness (QED) is 0.694. The van der Waals surface area contributed by atoms with Crippen molar-refractivity contribution < 1.29 is 31.1 Å². The molecule has 0 saturated carbocycles. The molecule has 1 saturated heterocycles. The van der Waals surface area contributed by atoms with Crippen LogP contribution in [0, 0.1) is 5.92 Å². The van der Waals surface area contributed by atoms with Crippen molar-refractivity contribution in [1.29, 1.82) is 0 Å². The van der Waals surface area contributed by atoms with E-state index in [1.54, 1.807) is 30.3 Å². The van der Waals surface area contributed by atoms with Crippen molar-refractivity contribution in [1.82, 2.24) is 9.62 Å². The van der Waals surface area contributed by atoms with Crippen molar-refractivity contribution in [3.05, 3.63) is 60.2 Å². The zero-order valence-corrected chi connectivity index (χ0v) is 17.5. The van der Waals surface area contributed by atoms with Gasteiger partial charge in [-0.15, -0.1) is 0 Å². The molecule has 10 heteroatoms. The van der Waals surface area contributed by atoms with E-state index in [2.05, 4.69) is 5.32 Å². The Morgan fingerprint density at radius 1 is 1.06 bits per heavy atom. The summed E-state index contributed by atoms with van der Waals surface area (Å²) >= 11 is 0. The fourth-order valence-corrected chi connectivity index (χ4v) is 4.81. The number of piperidine rings is 1. The summed E-state index contributed by atoms with van der Waals surface area (Å²) in [6, 6.07) is 12.6. The van der Waals surface area contributed by atoms with Gasteiger partial charge in [-0.25, -0.2) is 8.42 Å². The van der Waals surface area contributed by atoms with Gasteiger partial charge >= 0.3 is 6.18 Å². The lowest BCUT2D eigenvalue weighted by Gasteiger charge is -2.31. The fraction of sp³-hybridized carbons (Fsp3) is 0.381. The molecule has 1 aliphatic rings. The van der Waals surface area contributed by atoms with Crippen molar-refractivity contribution in [3.63, 3.8) is 0 Å². The summed E-state index contributed by atoms with van der Waals surface area (Å²) in [5.41, 5.74) is -0.845. The Balaban J connectivity index is 1.42. The van der Waals surface area contributed by atoms with E-state index < -0.39 is 34.3 Å². The van der Waals surface area contributed by atoms with E-state index in [0.29, 0.717) is 32.5 Å². The predicted molar refractivity (Wildman–Crippen MR) is 108 cm³/mol. The molecule has 31 heavy (non-hydrogen) atoms. The summed E-state index contributed by atoms with van der Waals surface area (Å²) < 4.78 is 70.0. The van der Waals surface area contributed by atoms with Crippen molar-refractivity contribution in [2.45, 2.75) is 23.9 Å². The zero-order chi connectivity index (χ0) is 22.5. The number of ether oxygens (including phenoxy) is 1. The summed E-state index contributed by atoms with van der Waals surface area (Å²) in [6.07, 6.45) is -3.29. The average Bonchev–Trinajstić information content (AvgIpc) is 2.77. The third-order valence-electron chi connectivity index (χ3n) is 5.07. The molecule has 0 bridgehead atoms. The van der Waals surface area contributed by atoms with E-state index in [4.69, 9.17) is 4.74 Å². The predicted octanol–water partition coefficient (Wildman–Crippen LogP) is 3.30. The normalized spacial score (nSPS) is 16.1. The first-order valence-electron chi connectivity index (χ1n) is 9.78. The number of hydrogen-bond donors (Lipinski definition) is 1. The highest BCUT2D eigenvalue weighted by atomic mass is 32.2. The molecule has 1 aliphatic heterocycles. The van der Waals surface area contributed by atoms with Gasteiger partial charge in [-0.3, -0.25) is 4.79 Å². The third-order valence-corrected chi connectivity index (χ3v) is 6.99. The third kappa shape index (κ3) is 6.20. The van der Waals surface area contributed by atoms with Crippen LogP contribution in [0.2, 0.25) is 0 Å². The molecule has 2 aromatic carbocycles. The summed E-state index contributed by atoms with van der Waals surface area (Å²) in [7, 11) is -3.52. The molecule has 1 fully saturated rings. The molecule has 168 valence electrons. The van der Waals surface area contributed by atoms with E-state index in [9.17, 15) is 26.4 Å². The first kappa shape index (κ1) is 23.1. The largest absolute Gasteiger partial charge is 0.484 e. The van der Waals surface area contributed by atoms with Gasteiger partial charge in [0.05, 0.1) is 10.5 Å². The highest BCUT2D eigenvalue weighted by Gasteiger charge is 2.31. The number of benzene rings is 2. The number of nitrogens with zero attached hydrogens (tertiary/aromatic N) is 1. The van der Waals surface area contributed by atoms with Crippen LogP contribution < -0.4 is 10.1 Å². The molecule has 0 atom stereocenters. The summed E-state index contributed by atoms with van der Waals surface area (Å²) in [5.74, 6) is -0.374. The Labute approximate surface area is 179 Å². The van der Waals surface area contributed by atoms with Crippen LogP contribution in [0.4, 0.5) is 13.2 Å². The molecule has 1 amide bonds. The number of carbonyl (C=O) groups is 1. The Morgan fingerprint density at radius 2 is 1.74 bits per heavy atom. The van der Waals surface area contributed by atoms with Crippen molar-refractivity contribution in [2.75, 3.05) is 26.2 Å².